The van der Waals surface area contributed by atoms with Crippen molar-refractivity contribution in [2.45, 2.75) is 71.3 Å². The summed E-state index contributed by atoms with van der Waals surface area (Å²) in [6, 6.07) is 10.6. The molecule has 1 radical (unpaired) electrons. The highest BCUT2D eigenvalue weighted by Crippen LogP contribution is 2.24. The zero-order valence-corrected chi connectivity index (χ0v) is 12.6. The molecule has 1 atom stereocenters. The van der Waals surface area contributed by atoms with Crippen molar-refractivity contribution < 1.29 is 4.74 Å². The summed E-state index contributed by atoms with van der Waals surface area (Å²) in [7, 11) is 0. The number of ether oxygens (including phenoxy) is 1. The van der Waals surface area contributed by atoms with Gasteiger partial charge in [0.15, 0.2) is 0 Å². The Kier molecular flexibility index (Phi) is 9.44. The second-order valence-electron chi connectivity index (χ2n) is 5.19. The molecule has 0 aliphatic rings. The summed E-state index contributed by atoms with van der Waals surface area (Å²) in [6.45, 7) is 6.49. The Balaban J connectivity index is 2.20. The maximum Gasteiger partial charge on any atom is 0.0845 e. The quantitative estimate of drug-likeness (QED) is 0.439. The van der Waals surface area contributed by atoms with Crippen LogP contribution in [0.25, 0.3) is 0 Å². The van der Waals surface area contributed by atoms with Crippen LogP contribution in [0.3, 0.4) is 0 Å². The molecule has 1 heteroatoms. The highest BCUT2D eigenvalue weighted by molar-refractivity contribution is 5.17. The molecule has 1 aromatic carbocycles. The fourth-order valence-corrected chi connectivity index (χ4v) is 2.26. The van der Waals surface area contributed by atoms with E-state index in [4.69, 9.17) is 4.74 Å². The summed E-state index contributed by atoms with van der Waals surface area (Å²) in [5, 5.41) is 0. The first-order valence-corrected chi connectivity index (χ1v) is 7.90. The van der Waals surface area contributed by atoms with Gasteiger partial charge in [0.2, 0.25) is 0 Å². The van der Waals surface area contributed by atoms with Crippen LogP contribution >= 0.6 is 0 Å². The molecule has 0 saturated heterocycles. The van der Waals surface area contributed by atoms with Gasteiger partial charge in [0.25, 0.3) is 0 Å². The lowest BCUT2D eigenvalue weighted by Gasteiger charge is -2.17. The number of rotatable bonds is 11. The Labute approximate surface area is 119 Å². The molecule has 0 heterocycles. The molecule has 1 nitrogen and oxygen atoms in total. The van der Waals surface area contributed by atoms with E-state index in [2.05, 4.69) is 44.2 Å². The van der Waals surface area contributed by atoms with Gasteiger partial charge in [-0.25, -0.2) is 0 Å². The summed E-state index contributed by atoms with van der Waals surface area (Å²) >= 11 is 0. The predicted molar refractivity (Wildman–Crippen MR) is 82.9 cm³/mol. The Morgan fingerprint density at radius 1 is 0.947 bits per heavy atom. The predicted octanol–water partition coefficient (Wildman–Crippen LogP) is 6.07. The second-order valence-corrected chi connectivity index (χ2v) is 5.19. The van der Waals surface area contributed by atoms with Crippen LogP contribution in [0.1, 0.15) is 76.9 Å². The standard InChI is InChI=1S/C18H29O/c1-3-5-6-7-8-12-16-19-18(13-4-2)17-14-10-9-11-15-17/h9-11,14-16,18H,3-8,12-13H2,1-2H3. The van der Waals surface area contributed by atoms with Crippen LogP contribution in [0.5, 0.6) is 0 Å². The van der Waals surface area contributed by atoms with E-state index in [1.165, 1.54) is 37.7 Å². The topological polar surface area (TPSA) is 9.23 Å². The van der Waals surface area contributed by atoms with Gasteiger partial charge in [-0.15, -0.1) is 0 Å². The van der Waals surface area contributed by atoms with E-state index in [9.17, 15) is 0 Å². The minimum Gasteiger partial charge on any atom is -0.368 e. The van der Waals surface area contributed by atoms with Crippen molar-refractivity contribution in [2.75, 3.05) is 0 Å². The minimum atomic E-state index is 0.238. The van der Waals surface area contributed by atoms with E-state index in [0.717, 1.165) is 19.3 Å². The molecule has 19 heavy (non-hydrogen) atoms. The Morgan fingerprint density at radius 3 is 2.37 bits per heavy atom. The lowest BCUT2D eigenvalue weighted by molar-refractivity contribution is 0.0916. The third-order valence-electron chi connectivity index (χ3n) is 3.41. The van der Waals surface area contributed by atoms with Gasteiger partial charge in [0.1, 0.15) is 0 Å². The fraction of sp³-hybridized carbons (Fsp3) is 0.611. The van der Waals surface area contributed by atoms with Gasteiger partial charge in [0, 0.05) is 0 Å². The molecule has 0 amide bonds. The Morgan fingerprint density at radius 2 is 1.68 bits per heavy atom. The van der Waals surface area contributed by atoms with Crippen molar-refractivity contribution in [3.63, 3.8) is 0 Å². The first-order chi connectivity index (χ1) is 9.38. The fourth-order valence-electron chi connectivity index (χ4n) is 2.26. The summed E-state index contributed by atoms with van der Waals surface area (Å²) in [5.41, 5.74) is 1.30. The lowest BCUT2D eigenvalue weighted by atomic mass is 10.1. The van der Waals surface area contributed by atoms with Crippen molar-refractivity contribution in [3.8, 4) is 0 Å². The first-order valence-electron chi connectivity index (χ1n) is 7.90. The third-order valence-corrected chi connectivity index (χ3v) is 3.41. The van der Waals surface area contributed by atoms with Gasteiger partial charge < -0.3 is 4.74 Å². The van der Waals surface area contributed by atoms with E-state index < -0.39 is 0 Å². The van der Waals surface area contributed by atoms with E-state index in [0.29, 0.717) is 0 Å². The van der Waals surface area contributed by atoms with Crippen LogP contribution in [0.15, 0.2) is 30.3 Å². The molecule has 0 spiro atoms. The van der Waals surface area contributed by atoms with Gasteiger partial charge in [-0.1, -0.05) is 82.7 Å². The van der Waals surface area contributed by atoms with Crippen LogP contribution in [0.4, 0.5) is 0 Å². The monoisotopic (exact) mass is 261 g/mol. The van der Waals surface area contributed by atoms with Crippen LogP contribution in [-0.2, 0) is 4.74 Å². The molecular formula is C18H29O. The first kappa shape index (κ1) is 16.2. The summed E-state index contributed by atoms with van der Waals surface area (Å²) in [4.78, 5) is 0. The van der Waals surface area contributed by atoms with Crippen LogP contribution < -0.4 is 0 Å². The average molecular weight is 261 g/mol. The van der Waals surface area contributed by atoms with Crippen molar-refractivity contribution in [1.82, 2.24) is 0 Å². The smallest absolute Gasteiger partial charge is 0.0845 e. The van der Waals surface area contributed by atoms with Gasteiger partial charge >= 0.3 is 0 Å². The number of unbranched alkanes of at least 4 members (excludes halogenated alkanes) is 5. The van der Waals surface area contributed by atoms with Crippen LogP contribution in [0, 0.1) is 6.61 Å². The minimum absolute atomic E-state index is 0.238. The molecule has 107 valence electrons. The van der Waals surface area contributed by atoms with E-state index >= 15 is 0 Å². The van der Waals surface area contributed by atoms with Gasteiger partial charge in [-0.05, 0) is 18.4 Å². The normalized spacial score (nSPS) is 12.5. The van der Waals surface area contributed by atoms with Crippen molar-refractivity contribution in [3.05, 3.63) is 42.5 Å². The third kappa shape index (κ3) is 7.37. The molecule has 1 aromatic rings. The van der Waals surface area contributed by atoms with Crippen LogP contribution in [0.2, 0.25) is 0 Å². The Bertz CT molecular complexity index is 294. The number of benzene rings is 1. The van der Waals surface area contributed by atoms with Crippen molar-refractivity contribution in [2.24, 2.45) is 0 Å². The van der Waals surface area contributed by atoms with E-state index in [1.807, 2.05) is 6.61 Å². The zero-order valence-electron chi connectivity index (χ0n) is 12.6. The Hall–Kier alpha value is -0.820. The maximum atomic E-state index is 5.95. The molecule has 0 aromatic heterocycles. The lowest BCUT2D eigenvalue weighted by Crippen LogP contribution is -2.02. The molecule has 1 unspecified atom stereocenters. The van der Waals surface area contributed by atoms with Gasteiger partial charge in [0.05, 0.1) is 12.7 Å². The summed E-state index contributed by atoms with van der Waals surface area (Å²) in [6.07, 6.45) is 10.2. The van der Waals surface area contributed by atoms with Crippen LogP contribution in [-0.4, -0.2) is 0 Å². The molecule has 0 aliphatic carbocycles. The average Bonchev–Trinajstić information content (AvgIpc) is 2.46. The number of hydrogen-bond donors (Lipinski definition) is 0. The molecule has 0 N–H and O–H groups in total. The van der Waals surface area contributed by atoms with E-state index in [-0.39, 0.29) is 6.10 Å². The second kappa shape index (κ2) is 11.0. The summed E-state index contributed by atoms with van der Waals surface area (Å²) in [5.74, 6) is 0. The summed E-state index contributed by atoms with van der Waals surface area (Å²) < 4.78 is 5.95. The maximum absolute atomic E-state index is 5.95. The van der Waals surface area contributed by atoms with E-state index in [1.54, 1.807) is 0 Å². The molecular weight excluding hydrogens is 232 g/mol. The molecule has 0 aliphatic heterocycles. The van der Waals surface area contributed by atoms with Gasteiger partial charge in [-0.3, -0.25) is 0 Å². The zero-order chi connectivity index (χ0) is 13.8. The SMILES string of the molecule is CCCCCCC[CH]OC(CCC)c1ccccc1. The van der Waals surface area contributed by atoms with Gasteiger partial charge in [-0.2, -0.15) is 0 Å². The van der Waals surface area contributed by atoms with Crippen molar-refractivity contribution in [1.29, 1.82) is 0 Å². The molecule has 0 bridgehead atoms. The molecule has 0 saturated carbocycles. The number of hydrogen-bond acceptors (Lipinski definition) is 1. The highest BCUT2D eigenvalue weighted by Gasteiger charge is 2.10. The molecule has 1 rings (SSSR count). The van der Waals surface area contributed by atoms with Crippen molar-refractivity contribution >= 4 is 0 Å². The largest absolute Gasteiger partial charge is 0.368 e. The highest BCUT2D eigenvalue weighted by atomic mass is 16.5. The molecule has 0 fully saturated rings.